The van der Waals surface area contributed by atoms with Crippen molar-refractivity contribution in [3.8, 4) is 0 Å². The summed E-state index contributed by atoms with van der Waals surface area (Å²) in [6, 6.07) is -1.54. The van der Waals surface area contributed by atoms with Gasteiger partial charge < -0.3 is 25.2 Å². The molecule has 0 aromatic carbocycles. The van der Waals surface area contributed by atoms with E-state index in [1.54, 1.807) is 0 Å². The summed E-state index contributed by atoms with van der Waals surface area (Å²) in [4.78, 5) is 45.6. The predicted molar refractivity (Wildman–Crippen MR) is 199 cm³/mol. The number of phosphoric acid groups is 1. The molecule has 0 aliphatic rings. The number of hydrogen-bond acceptors (Lipinski definition) is 8. The first kappa shape index (κ1) is 48.0. The molecule has 1 amide bonds. The average Bonchev–Trinajstić information content (AvgIpc) is 3.08. The minimum Gasteiger partial charge on any atom is -0.480 e. The van der Waals surface area contributed by atoms with Gasteiger partial charge in [0.05, 0.1) is 13.2 Å². The normalized spacial score (nSPS) is 14.2. The van der Waals surface area contributed by atoms with Crippen LogP contribution in [0, 0.1) is 0 Å². The third-order valence-electron chi connectivity index (χ3n) is 8.24. The van der Waals surface area contributed by atoms with E-state index in [1.165, 1.54) is 70.6 Å². The van der Waals surface area contributed by atoms with Crippen molar-refractivity contribution in [1.29, 1.82) is 0 Å². The lowest BCUT2D eigenvalue weighted by Gasteiger charge is -2.18. The SMILES string of the molecule is CCCCC/C=C\C/C=C\CCCCCCCCCCCC(=O)NC(COP(=O)(O)OCC(O)COC(=O)CCCCCCCCC)C(=O)O. The highest BCUT2D eigenvalue weighted by Gasteiger charge is 2.28. The molecule has 0 fully saturated rings. The minimum atomic E-state index is -4.74. The fourth-order valence-corrected chi connectivity index (χ4v) is 5.94. The lowest BCUT2D eigenvalue weighted by molar-refractivity contribution is -0.147. The average molecular weight is 732 g/mol. The molecule has 12 heteroatoms. The van der Waals surface area contributed by atoms with Crippen LogP contribution in [-0.2, 0) is 32.7 Å². The van der Waals surface area contributed by atoms with Crippen LogP contribution in [0.15, 0.2) is 24.3 Å². The Morgan fingerprint density at radius 2 is 1.10 bits per heavy atom. The van der Waals surface area contributed by atoms with E-state index in [-0.39, 0.29) is 12.8 Å². The van der Waals surface area contributed by atoms with Crippen molar-refractivity contribution in [3.63, 3.8) is 0 Å². The molecule has 11 nitrogen and oxygen atoms in total. The van der Waals surface area contributed by atoms with Gasteiger partial charge in [0.15, 0.2) is 6.04 Å². The summed E-state index contributed by atoms with van der Waals surface area (Å²) in [6.07, 6.45) is 32.3. The molecule has 0 aromatic heterocycles. The molecule has 0 radical (unpaired) electrons. The maximum Gasteiger partial charge on any atom is 0.472 e. The molecule has 0 aliphatic carbocycles. The van der Waals surface area contributed by atoms with Crippen molar-refractivity contribution in [1.82, 2.24) is 5.32 Å². The van der Waals surface area contributed by atoms with Gasteiger partial charge in [-0.2, -0.15) is 0 Å². The fourth-order valence-electron chi connectivity index (χ4n) is 5.17. The van der Waals surface area contributed by atoms with Gasteiger partial charge in [0.2, 0.25) is 5.91 Å². The van der Waals surface area contributed by atoms with Crippen molar-refractivity contribution in [2.45, 2.75) is 180 Å². The van der Waals surface area contributed by atoms with Gasteiger partial charge in [0.1, 0.15) is 12.7 Å². The number of carbonyl (C=O) groups is 3. The highest BCUT2D eigenvalue weighted by molar-refractivity contribution is 7.47. The van der Waals surface area contributed by atoms with Gasteiger partial charge in [-0.1, -0.05) is 134 Å². The molecule has 4 N–H and O–H groups in total. The zero-order valence-corrected chi connectivity index (χ0v) is 32.1. The van der Waals surface area contributed by atoms with Gasteiger partial charge in [-0.05, 0) is 44.9 Å². The van der Waals surface area contributed by atoms with E-state index < -0.39 is 57.6 Å². The molecule has 0 saturated heterocycles. The molecular formula is C38H70NO10P. The summed E-state index contributed by atoms with van der Waals surface area (Å²) in [7, 11) is -4.74. The van der Waals surface area contributed by atoms with Gasteiger partial charge in [0.25, 0.3) is 0 Å². The quantitative estimate of drug-likeness (QED) is 0.0211. The molecule has 0 aromatic rings. The van der Waals surface area contributed by atoms with E-state index in [0.29, 0.717) is 12.8 Å². The summed E-state index contributed by atoms with van der Waals surface area (Å²) in [5, 5.41) is 21.7. The van der Waals surface area contributed by atoms with E-state index in [2.05, 4.69) is 43.5 Å². The molecule has 0 bridgehead atoms. The Kier molecular flexibility index (Phi) is 32.7. The van der Waals surface area contributed by atoms with Gasteiger partial charge in [-0.3, -0.25) is 18.6 Å². The summed E-state index contributed by atoms with van der Waals surface area (Å²) >= 11 is 0. The summed E-state index contributed by atoms with van der Waals surface area (Å²) in [6.45, 7) is 2.49. The topological polar surface area (TPSA) is 169 Å². The molecule has 0 heterocycles. The van der Waals surface area contributed by atoms with Gasteiger partial charge in [0, 0.05) is 12.8 Å². The first-order valence-corrected chi connectivity index (χ1v) is 20.9. The number of esters is 1. The summed E-state index contributed by atoms with van der Waals surface area (Å²) in [5.41, 5.74) is 0. The number of hydrogen-bond donors (Lipinski definition) is 4. The minimum absolute atomic E-state index is 0.142. The molecule has 3 atom stereocenters. The number of allylic oxidation sites excluding steroid dienone is 4. The number of rotatable bonds is 36. The van der Waals surface area contributed by atoms with Crippen LogP contribution >= 0.6 is 7.82 Å². The second-order valence-corrected chi connectivity index (χ2v) is 14.6. The van der Waals surface area contributed by atoms with Crippen molar-refractivity contribution in [2.75, 3.05) is 19.8 Å². The van der Waals surface area contributed by atoms with Crippen LogP contribution in [0.1, 0.15) is 168 Å². The number of aliphatic hydroxyl groups is 1. The number of carbonyl (C=O) groups excluding carboxylic acids is 2. The van der Waals surface area contributed by atoms with Gasteiger partial charge >= 0.3 is 19.8 Å². The third kappa shape index (κ3) is 33.1. The fraction of sp³-hybridized carbons (Fsp3) is 0.816. The van der Waals surface area contributed by atoms with E-state index in [1.807, 2.05) is 0 Å². The molecule has 3 unspecified atom stereocenters. The Balaban J connectivity index is 3.93. The molecule has 0 spiro atoms. The molecule has 292 valence electrons. The number of carboxylic acids is 1. The number of aliphatic hydroxyl groups excluding tert-OH is 1. The van der Waals surface area contributed by atoms with Crippen molar-refractivity contribution in [2.24, 2.45) is 0 Å². The lowest BCUT2D eigenvalue weighted by atomic mass is 10.1. The Morgan fingerprint density at radius 1 is 0.640 bits per heavy atom. The summed E-state index contributed by atoms with van der Waals surface area (Å²) in [5.74, 6) is -2.38. The van der Waals surface area contributed by atoms with Crippen LogP contribution in [0.25, 0.3) is 0 Å². The number of carboxylic acid groups (broad SMARTS) is 1. The van der Waals surface area contributed by atoms with Crippen LogP contribution < -0.4 is 5.32 Å². The predicted octanol–water partition coefficient (Wildman–Crippen LogP) is 9.11. The van der Waals surface area contributed by atoms with E-state index in [9.17, 15) is 34.1 Å². The molecular weight excluding hydrogens is 661 g/mol. The zero-order valence-electron chi connectivity index (χ0n) is 31.2. The van der Waals surface area contributed by atoms with Crippen LogP contribution in [0.3, 0.4) is 0 Å². The Morgan fingerprint density at radius 3 is 1.66 bits per heavy atom. The second kappa shape index (κ2) is 34.1. The molecule has 0 saturated carbocycles. The second-order valence-electron chi connectivity index (χ2n) is 13.1. The highest BCUT2D eigenvalue weighted by Crippen LogP contribution is 2.43. The molecule has 50 heavy (non-hydrogen) atoms. The highest BCUT2D eigenvalue weighted by atomic mass is 31.2. The van der Waals surface area contributed by atoms with E-state index >= 15 is 0 Å². The number of ether oxygens (including phenoxy) is 1. The van der Waals surface area contributed by atoms with Crippen LogP contribution in [0.2, 0.25) is 0 Å². The number of aliphatic carboxylic acids is 1. The van der Waals surface area contributed by atoms with E-state index in [0.717, 1.165) is 57.8 Å². The Bertz CT molecular complexity index is 958. The van der Waals surface area contributed by atoms with Crippen molar-refractivity contribution >= 4 is 25.7 Å². The number of phosphoric ester groups is 1. The molecule has 0 rings (SSSR count). The van der Waals surface area contributed by atoms with Crippen molar-refractivity contribution < 1.29 is 47.8 Å². The first-order chi connectivity index (χ1) is 24.1. The monoisotopic (exact) mass is 731 g/mol. The van der Waals surface area contributed by atoms with Crippen LogP contribution in [0.5, 0.6) is 0 Å². The van der Waals surface area contributed by atoms with Gasteiger partial charge in [-0.25, -0.2) is 9.36 Å². The van der Waals surface area contributed by atoms with Crippen LogP contribution in [-0.4, -0.2) is 64.9 Å². The van der Waals surface area contributed by atoms with Gasteiger partial charge in [-0.15, -0.1) is 0 Å². The molecule has 0 aliphatic heterocycles. The zero-order chi connectivity index (χ0) is 37.1. The third-order valence-corrected chi connectivity index (χ3v) is 9.19. The lowest BCUT2D eigenvalue weighted by Crippen LogP contribution is -2.43. The van der Waals surface area contributed by atoms with Crippen LogP contribution in [0.4, 0.5) is 0 Å². The van der Waals surface area contributed by atoms with Crippen molar-refractivity contribution in [3.05, 3.63) is 24.3 Å². The summed E-state index contributed by atoms with van der Waals surface area (Å²) < 4.78 is 26.6. The maximum atomic E-state index is 12.3. The Hall–Kier alpha value is -2.04. The largest absolute Gasteiger partial charge is 0.480 e. The first-order valence-electron chi connectivity index (χ1n) is 19.4. The Labute approximate surface area is 302 Å². The number of unbranched alkanes of at least 4 members (excludes halogenated alkanes) is 18. The maximum absolute atomic E-state index is 12.3. The number of amides is 1. The smallest absolute Gasteiger partial charge is 0.472 e. The van der Waals surface area contributed by atoms with E-state index in [4.69, 9.17) is 13.8 Å². The number of nitrogens with one attached hydrogen (secondary N) is 1. The standard InChI is InChI=1S/C38H70NO10P/c1-3-5-7-9-11-12-13-14-15-16-17-18-19-20-21-22-24-25-27-29-36(41)39-35(38(43)44)33-49-50(45,46)48-32-34(40)31-47-37(42)30-28-26-23-10-8-6-4-2/h11-12,14-15,34-35,40H,3-10,13,16-33H2,1-2H3,(H,39,41)(H,43,44)(H,45,46)/b12-11-,15-14-.